The van der Waals surface area contributed by atoms with Crippen LogP contribution in [0.3, 0.4) is 0 Å². The molecule has 0 aromatic rings. The molecule has 2 aliphatic heterocycles. The zero-order valence-corrected chi connectivity index (χ0v) is 12.9. The average Bonchev–Trinajstić information content (AvgIpc) is 2.41. The topological polar surface area (TPSA) is 98.8 Å². The smallest absolute Gasteiger partial charge is 0.240 e. The molecule has 2 atom stereocenters. The summed E-state index contributed by atoms with van der Waals surface area (Å²) >= 11 is 0. The summed E-state index contributed by atoms with van der Waals surface area (Å²) in [6, 6.07) is -0.160. The molecule has 22 heavy (non-hydrogen) atoms. The van der Waals surface area contributed by atoms with Gasteiger partial charge in [-0.2, -0.15) is 0 Å². The lowest BCUT2D eigenvalue weighted by molar-refractivity contribution is -0.142. The van der Waals surface area contributed by atoms with E-state index in [-0.39, 0.29) is 61.9 Å². The van der Waals surface area contributed by atoms with Crippen molar-refractivity contribution in [3.63, 3.8) is 0 Å². The first kappa shape index (κ1) is 16.6. The molecule has 2 aliphatic rings. The van der Waals surface area contributed by atoms with Gasteiger partial charge in [-0.05, 0) is 13.3 Å². The maximum Gasteiger partial charge on any atom is 0.240 e. The zero-order chi connectivity index (χ0) is 16.3. The van der Waals surface area contributed by atoms with Gasteiger partial charge in [-0.25, -0.2) is 0 Å². The molecule has 2 unspecified atom stereocenters. The van der Waals surface area contributed by atoms with Crippen molar-refractivity contribution in [1.29, 1.82) is 0 Å². The zero-order valence-electron chi connectivity index (χ0n) is 12.9. The van der Waals surface area contributed by atoms with Gasteiger partial charge in [0.15, 0.2) is 0 Å². The third kappa shape index (κ3) is 3.89. The van der Waals surface area contributed by atoms with Gasteiger partial charge < -0.3 is 0 Å². The molecule has 4 amide bonds. The van der Waals surface area contributed by atoms with Crippen LogP contribution in [0, 0.1) is 0 Å². The van der Waals surface area contributed by atoms with Crippen LogP contribution < -0.4 is 10.6 Å². The number of carbonyl (C=O) groups excluding carboxylic acids is 4. The van der Waals surface area contributed by atoms with E-state index in [0.29, 0.717) is 0 Å². The summed E-state index contributed by atoms with van der Waals surface area (Å²) < 4.78 is 0. The van der Waals surface area contributed by atoms with E-state index < -0.39 is 0 Å². The van der Waals surface area contributed by atoms with Gasteiger partial charge in [0.05, 0.1) is 26.2 Å². The van der Waals surface area contributed by atoms with Crippen LogP contribution >= 0.6 is 0 Å². The fourth-order valence-corrected chi connectivity index (χ4v) is 3.11. The van der Waals surface area contributed by atoms with Crippen molar-refractivity contribution in [2.45, 2.75) is 38.8 Å². The van der Waals surface area contributed by atoms with Crippen LogP contribution in [0.1, 0.15) is 26.7 Å². The summed E-state index contributed by atoms with van der Waals surface area (Å²) in [5.74, 6) is -1.24. The van der Waals surface area contributed by atoms with E-state index in [9.17, 15) is 19.2 Å². The number of carbonyl (C=O) groups is 4. The van der Waals surface area contributed by atoms with Crippen LogP contribution in [0.15, 0.2) is 0 Å². The largest absolute Gasteiger partial charge is 0.294 e. The summed E-state index contributed by atoms with van der Waals surface area (Å²) in [5.41, 5.74) is 0. The molecule has 0 spiro atoms. The molecule has 2 fully saturated rings. The normalized spacial score (nSPS) is 23.9. The molecule has 2 saturated heterocycles. The highest BCUT2D eigenvalue weighted by atomic mass is 16.2. The highest BCUT2D eigenvalue weighted by Crippen LogP contribution is 2.18. The summed E-state index contributed by atoms with van der Waals surface area (Å²) in [5, 5.41) is 4.56. The van der Waals surface area contributed by atoms with Crippen molar-refractivity contribution in [3.05, 3.63) is 0 Å². The number of rotatable bonds is 5. The standard InChI is InChI=1S/C14H22N4O4/c1-3-4-10(18-7-13(21)16-14(22)8-18)9(2)17-5-11(19)15-12(20)6-17/h9-10H,3-8H2,1-2H3,(H,15,19,20)(H,16,21,22). The van der Waals surface area contributed by atoms with Gasteiger partial charge in [0.25, 0.3) is 0 Å². The van der Waals surface area contributed by atoms with Crippen LogP contribution in [-0.4, -0.2) is 71.7 Å². The van der Waals surface area contributed by atoms with Gasteiger partial charge in [0.2, 0.25) is 23.6 Å². The molecule has 0 aliphatic carbocycles. The minimum Gasteiger partial charge on any atom is -0.294 e. The highest BCUT2D eigenvalue weighted by Gasteiger charge is 2.36. The van der Waals surface area contributed by atoms with E-state index in [2.05, 4.69) is 10.6 Å². The number of imide groups is 2. The molecule has 0 radical (unpaired) electrons. The van der Waals surface area contributed by atoms with E-state index in [0.717, 1.165) is 12.8 Å². The molecule has 0 saturated carbocycles. The first-order chi connectivity index (χ1) is 10.4. The second-order valence-electron chi connectivity index (χ2n) is 5.85. The quantitative estimate of drug-likeness (QED) is 0.597. The van der Waals surface area contributed by atoms with E-state index in [4.69, 9.17) is 0 Å². The third-order valence-electron chi connectivity index (χ3n) is 4.13. The Morgan fingerprint density at radius 2 is 1.27 bits per heavy atom. The Morgan fingerprint density at radius 1 is 0.864 bits per heavy atom. The van der Waals surface area contributed by atoms with Gasteiger partial charge in [0.1, 0.15) is 0 Å². The summed E-state index contributed by atoms with van der Waals surface area (Å²) in [6.45, 7) is 4.59. The van der Waals surface area contributed by atoms with Crippen molar-refractivity contribution in [2.75, 3.05) is 26.2 Å². The monoisotopic (exact) mass is 310 g/mol. The number of piperazine rings is 2. The summed E-state index contributed by atoms with van der Waals surface area (Å²) in [7, 11) is 0. The van der Waals surface area contributed by atoms with Gasteiger partial charge in [-0.3, -0.25) is 39.6 Å². The number of nitrogens with one attached hydrogen (secondary N) is 2. The Morgan fingerprint density at radius 3 is 1.68 bits per heavy atom. The summed E-state index contributed by atoms with van der Waals surface area (Å²) in [4.78, 5) is 49.9. The maximum absolute atomic E-state index is 11.6. The fraction of sp³-hybridized carbons (Fsp3) is 0.714. The molecular weight excluding hydrogens is 288 g/mol. The minimum atomic E-state index is -0.314. The molecule has 2 heterocycles. The van der Waals surface area contributed by atoms with Crippen molar-refractivity contribution in [1.82, 2.24) is 20.4 Å². The Balaban J connectivity index is 2.12. The number of hydrogen-bond donors (Lipinski definition) is 2. The van der Waals surface area contributed by atoms with Crippen molar-refractivity contribution < 1.29 is 19.2 Å². The predicted octanol–water partition coefficient (Wildman–Crippen LogP) is -1.54. The Kier molecular flexibility index (Phi) is 5.25. The average molecular weight is 310 g/mol. The highest BCUT2D eigenvalue weighted by molar-refractivity contribution is 6.00. The lowest BCUT2D eigenvalue weighted by atomic mass is 9.99. The SMILES string of the molecule is CCCC(C(C)N1CC(=O)NC(=O)C1)N1CC(=O)NC(=O)C1. The van der Waals surface area contributed by atoms with Crippen molar-refractivity contribution >= 4 is 23.6 Å². The van der Waals surface area contributed by atoms with Gasteiger partial charge in [-0.1, -0.05) is 13.3 Å². The molecule has 8 heteroatoms. The molecule has 0 aromatic carbocycles. The van der Waals surface area contributed by atoms with Crippen LogP contribution in [0.5, 0.6) is 0 Å². The second-order valence-corrected chi connectivity index (χ2v) is 5.85. The first-order valence-corrected chi connectivity index (χ1v) is 7.54. The summed E-state index contributed by atoms with van der Waals surface area (Å²) in [6.07, 6.45) is 1.67. The maximum atomic E-state index is 11.6. The molecular formula is C14H22N4O4. The van der Waals surface area contributed by atoms with Crippen molar-refractivity contribution in [3.8, 4) is 0 Å². The van der Waals surface area contributed by atoms with Crippen LogP contribution in [0.25, 0.3) is 0 Å². The van der Waals surface area contributed by atoms with E-state index in [1.54, 1.807) is 4.90 Å². The molecule has 122 valence electrons. The van der Waals surface area contributed by atoms with Crippen molar-refractivity contribution in [2.24, 2.45) is 0 Å². The van der Waals surface area contributed by atoms with E-state index in [1.165, 1.54) is 0 Å². The van der Waals surface area contributed by atoms with Gasteiger partial charge in [-0.15, -0.1) is 0 Å². The fourth-order valence-electron chi connectivity index (χ4n) is 3.11. The minimum absolute atomic E-state index is 0.0568. The van der Waals surface area contributed by atoms with Crippen LogP contribution in [0.4, 0.5) is 0 Å². The number of nitrogens with zero attached hydrogens (tertiary/aromatic N) is 2. The van der Waals surface area contributed by atoms with E-state index in [1.807, 2.05) is 18.7 Å². The molecule has 0 aromatic heterocycles. The van der Waals surface area contributed by atoms with Crippen LogP contribution in [0.2, 0.25) is 0 Å². The predicted molar refractivity (Wildman–Crippen MR) is 77.6 cm³/mol. The van der Waals surface area contributed by atoms with E-state index >= 15 is 0 Å². The van der Waals surface area contributed by atoms with Crippen LogP contribution in [-0.2, 0) is 19.2 Å². The lowest BCUT2D eigenvalue weighted by Crippen LogP contribution is -2.62. The Labute approximate surface area is 129 Å². The molecule has 0 bridgehead atoms. The number of hydrogen-bond acceptors (Lipinski definition) is 6. The molecule has 2 rings (SSSR count). The second kappa shape index (κ2) is 6.97. The molecule has 8 nitrogen and oxygen atoms in total. The van der Waals surface area contributed by atoms with Gasteiger partial charge in [0, 0.05) is 12.1 Å². The Bertz CT molecular complexity index is 461. The first-order valence-electron chi connectivity index (χ1n) is 7.54. The Hall–Kier alpha value is -1.80. The third-order valence-corrected chi connectivity index (χ3v) is 4.13. The lowest BCUT2D eigenvalue weighted by Gasteiger charge is -2.42. The van der Waals surface area contributed by atoms with Gasteiger partial charge >= 0.3 is 0 Å². The number of amides is 4. The molecule has 2 N–H and O–H groups in total.